The fraction of sp³-hybridized carbons (Fsp3) is 0.421. The maximum absolute atomic E-state index is 12.9. The number of carbonyl (C=O) groups excluding carboxylic acids is 1. The van der Waals surface area contributed by atoms with Crippen molar-refractivity contribution in [1.29, 1.82) is 0 Å². The van der Waals surface area contributed by atoms with E-state index in [0.29, 0.717) is 25.2 Å². The maximum Gasteiger partial charge on any atom is 0.223 e. The summed E-state index contributed by atoms with van der Waals surface area (Å²) in [5.74, 6) is 1.54. The zero-order valence-electron chi connectivity index (χ0n) is 15.0. The summed E-state index contributed by atoms with van der Waals surface area (Å²) >= 11 is 0. The molecule has 3 aromatic rings. The first-order chi connectivity index (χ1) is 12.7. The Morgan fingerprint density at radius 3 is 3.00 bits per heavy atom. The van der Waals surface area contributed by atoms with Crippen molar-refractivity contribution in [3.05, 3.63) is 47.7 Å². The maximum atomic E-state index is 12.9. The number of ether oxygens (including phenoxy) is 1. The van der Waals surface area contributed by atoms with Crippen molar-refractivity contribution in [1.82, 2.24) is 25.1 Å². The van der Waals surface area contributed by atoms with Gasteiger partial charge in [0.1, 0.15) is 5.82 Å². The third kappa shape index (κ3) is 3.10. The molecule has 0 aliphatic carbocycles. The highest BCUT2D eigenvalue weighted by molar-refractivity contribution is 5.84. The number of aromatic nitrogens is 4. The normalized spacial score (nSPS) is 20.2. The molecule has 3 heterocycles. The van der Waals surface area contributed by atoms with E-state index in [1.807, 2.05) is 36.2 Å². The van der Waals surface area contributed by atoms with Gasteiger partial charge in [-0.25, -0.2) is 4.98 Å². The van der Waals surface area contributed by atoms with Gasteiger partial charge in [-0.3, -0.25) is 9.89 Å². The lowest BCUT2D eigenvalue weighted by Gasteiger charge is -2.22. The van der Waals surface area contributed by atoms with E-state index in [9.17, 15) is 4.79 Å². The summed E-state index contributed by atoms with van der Waals surface area (Å²) in [6.07, 6.45) is 3.91. The Hall–Kier alpha value is -2.67. The largest absolute Gasteiger partial charge is 0.380 e. The first-order valence-electron chi connectivity index (χ1n) is 8.92. The molecule has 1 aromatic carbocycles. The Morgan fingerprint density at radius 2 is 2.23 bits per heavy atom. The van der Waals surface area contributed by atoms with E-state index < -0.39 is 0 Å². The van der Waals surface area contributed by atoms with Crippen LogP contribution < -0.4 is 0 Å². The number of hydrogen-bond acceptors (Lipinski definition) is 4. The zero-order chi connectivity index (χ0) is 18.1. The van der Waals surface area contributed by atoms with Crippen molar-refractivity contribution in [3.63, 3.8) is 0 Å². The third-order valence-corrected chi connectivity index (χ3v) is 5.11. The SMILES string of the molecule is CO[C@H]1C[C@@H](c2n[nH]c(C)n2)N(C(=O)CCc2c[nH]c3ccccc23)C1. The topological polar surface area (TPSA) is 86.9 Å². The Morgan fingerprint density at radius 1 is 1.38 bits per heavy atom. The number of hydrogen-bond donors (Lipinski definition) is 2. The molecule has 7 heteroatoms. The van der Waals surface area contributed by atoms with Crippen molar-refractivity contribution in [2.45, 2.75) is 38.3 Å². The number of nitrogens with one attached hydrogen (secondary N) is 2. The van der Waals surface area contributed by atoms with Gasteiger partial charge < -0.3 is 14.6 Å². The molecule has 2 aromatic heterocycles. The molecule has 1 aliphatic rings. The minimum Gasteiger partial charge on any atom is -0.380 e. The predicted molar refractivity (Wildman–Crippen MR) is 97.6 cm³/mol. The van der Waals surface area contributed by atoms with E-state index in [0.717, 1.165) is 17.8 Å². The number of amides is 1. The molecule has 4 rings (SSSR count). The van der Waals surface area contributed by atoms with Gasteiger partial charge in [0.25, 0.3) is 0 Å². The van der Waals surface area contributed by atoms with Gasteiger partial charge in [-0.05, 0) is 25.0 Å². The molecule has 7 nitrogen and oxygen atoms in total. The van der Waals surface area contributed by atoms with Gasteiger partial charge in [0.05, 0.1) is 12.1 Å². The zero-order valence-corrected chi connectivity index (χ0v) is 15.0. The van der Waals surface area contributed by atoms with Crippen molar-refractivity contribution < 1.29 is 9.53 Å². The lowest BCUT2D eigenvalue weighted by atomic mass is 10.1. The number of rotatable bonds is 5. The smallest absolute Gasteiger partial charge is 0.223 e. The lowest BCUT2D eigenvalue weighted by molar-refractivity contribution is -0.132. The van der Waals surface area contributed by atoms with Gasteiger partial charge in [-0.1, -0.05) is 18.2 Å². The molecule has 0 radical (unpaired) electrons. The molecule has 2 atom stereocenters. The summed E-state index contributed by atoms with van der Waals surface area (Å²) < 4.78 is 5.49. The Kier molecular flexibility index (Phi) is 4.46. The number of benzene rings is 1. The molecule has 26 heavy (non-hydrogen) atoms. The number of carbonyl (C=O) groups is 1. The number of nitrogens with zero attached hydrogens (tertiary/aromatic N) is 3. The Balaban J connectivity index is 1.48. The van der Waals surface area contributed by atoms with E-state index in [2.05, 4.69) is 26.2 Å². The highest BCUT2D eigenvalue weighted by Gasteiger charge is 2.38. The molecule has 1 fully saturated rings. The second kappa shape index (κ2) is 6.92. The molecular weight excluding hydrogens is 330 g/mol. The van der Waals surface area contributed by atoms with Gasteiger partial charge >= 0.3 is 0 Å². The average Bonchev–Trinajstić information content (AvgIpc) is 3.37. The minimum absolute atomic E-state index is 0.0239. The van der Waals surface area contributed by atoms with E-state index in [1.54, 1.807) is 7.11 Å². The molecule has 1 amide bonds. The quantitative estimate of drug-likeness (QED) is 0.738. The van der Waals surface area contributed by atoms with Gasteiger partial charge in [0, 0.05) is 43.6 Å². The van der Waals surface area contributed by atoms with E-state index in [-0.39, 0.29) is 18.1 Å². The number of para-hydroxylation sites is 1. The molecule has 0 spiro atoms. The average molecular weight is 353 g/mol. The monoisotopic (exact) mass is 353 g/mol. The van der Waals surface area contributed by atoms with Crippen LogP contribution in [0, 0.1) is 6.92 Å². The summed E-state index contributed by atoms with van der Waals surface area (Å²) in [6.45, 7) is 2.45. The summed E-state index contributed by atoms with van der Waals surface area (Å²) in [6, 6.07) is 8.03. The fourth-order valence-electron chi connectivity index (χ4n) is 3.72. The number of fused-ring (bicyclic) bond motifs is 1. The van der Waals surface area contributed by atoms with Crippen molar-refractivity contribution in [2.24, 2.45) is 0 Å². The molecule has 0 bridgehead atoms. The number of likely N-dealkylation sites (tertiary alicyclic amines) is 1. The first kappa shape index (κ1) is 16.8. The third-order valence-electron chi connectivity index (χ3n) is 5.11. The molecule has 1 aliphatic heterocycles. The molecular formula is C19H23N5O2. The van der Waals surface area contributed by atoms with Gasteiger partial charge in [0.2, 0.25) is 5.91 Å². The number of methoxy groups -OCH3 is 1. The summed E-state index contributed by atoms with van der Waals surface area (Å²) in [4.78, 5) is 22.5. The Bertz CT molecular complexity index is 915. The predicted octanol–water partition coefficient (Wildman–Crippen LogP) is 2.52. The molecule has 2 N–H and O–H groups in total. The standard InChI is InChI=1S/C19H23N5O2/c1-12-21-19(23-22-12)17-9-14(26-2)11-24(17)18(25)8-7-13-10-20-16-6-4-3-5-15(13)16/h3-6,10,14,17,20H,7-9,11H2,1-2H3,(H,21,22,23)/t14-,17-/m0/s1. The van der Waals surface area contributed by atoms with Crippen LogP contribution in [0.4, 0.5) is 0 Å². The molecule has 136 valence electrons. The lowest BCUT2D eigenvalue weighted by Crippen LogP contribution is -2.32. The van der Waals surface area contributed by atoms with Crippen LogP contribution >= 0.6 is 0 Å². The number of H-pyrrole nitrogens is 2. The Labute approximate surface area is 151 Å². The second-order valence-electron chi connectivity index (χ2n) is 6.79. The molecule has 0 saturated carbocycles. The second-order valence-corrected chi connectivity index (χ2v) is 6.79. The van der Waals surface area contributed by atoms with Crippen LogP contribution in [-0.4, -0.2) is 50.7 Å². The highest BCUT2D eigenvalue weighted by atomic mass is 16.5. The fourth-order valence-corrected chi connectivity index (χ4v) is 3.72. The van der Waals surface area contributed by atoms with Crippen molar-refractivity contribution >= 4 is 16.8 Å². The van der Waals surface area contributed by atoms with Gasteiger partial charge in [0.15, 0.2) is 5.82 Å². The van der Waals surface area contributed by atoms with E-state index >= 15 is 0 Å². The summed E-state index contributed by atoms with van der Waals surface area (Å²) in [7, 11) is 1.69. The summed E-state index contributed by atoms with van der Waals surface area (Å²) in [5, 5.41) is 8.31. The minimum atomic E-state index is -0.125. The van der Waals surface area contributed by atoms with Crippen LogP contribution in [0.15, 0.2) is 30.5 Å². The van der Waals surface area contributed by atoms with Crippen LogP contribution in [0.25, 0.3) is 10.9 Å². The van der Waals surface area contributed by atoms with Crippen molar-refractivity contribution in [3.8, 4) is 0 Å². The number of aryl methyl sites for hydroxylation is 2. The first-order valence-corrected chi connectivity index (χ1v) is 8.92. The molecule has 0 unspecified atom stereocenters. The van der Waals surface area contributed by atoms with E-state index in [1.165, 1.54) is 10.9 Å². The van der Waals surface area contributed by atoms with Gasteiger partial charge in [-0.2, -0.15) is 5.10 Å². The van der Waals surface area contributed by atoms with Crippen molar-refractivity contribution in [2.75, 3.05) is 13.7 Å². The van der Waals surface area contributed by atoms with E-state index in [4.69, 9.17) is 4.74 Å². The van der Waals surface area contributed by atoms with Crippen LogP contribution in [0.2, 0.25) is 0 Å². The van der Waals surface area contributed by atoms with Crippen LogP contribution in [0.3, 0.4) is 0 Å². The van der Waals surface area contributed by atoms with Crippen LogP contribution in [-0.2, 0) is 16.0 Å². The summed E-state index contributed by atoms with van der Waals surface area (Å²) in [5.41, 5.74) is 2.27. The van der Waals surface area contributed by atoms with Crippen LogP contribution in [0.5, 0.6) is 0 Å². The van der Waals surface area contributed by atoms with Crippen LogP contribution in [0.1, 0.15) is 36.1 Å². The van der Waals surface area contributed by atoms with Gasteiger partial charge in [-0.15, -0.1) is 0 Å². The highest BCUT2D eigenvalue weighted by Crippen LogP contribution is 2.32. The molecule has 1 saturated heterocycles. The number of aromatic amines is 2.